The summed E-state index contributed by atoms with van der Waals surface area (Å²) in [6, 6.07) is 16.2. The molecule has 118 valence electrons. The number of benzene rings is 1. The molecule has 5 nitrogen and oxygen atoms in total. The van der Waals surface area contributed by atoms with Crippen molar-refractivity contribution in [3.8, 4) is 11.4 Å². The smallest absolute Gasteiger partial charge is 0.185 e. The molecule has 0 aliphatic carbocycles. The van der Waals surface area contributed by atoms with Crippen LogP contribution in [0.3, 0.4) is 0 Å². The van der Waals surface area contributed by atoms with E-state index in [1.54, 1.807) is 22.5 Å². The van der Waals surface area contributed by atoms with E-state index in [1.165, 1.54) is 11.1 Å². The minimum absolute atomic E-state index is 0.747. The predicted octanol–water partition coefficient (Wildman–Crippen LogP) is 3.79. The zero-order valence-electron chi connectivity index (χ0n) is 13.1. The molecular weight excluding hydrogens is 318 g/mol. The lowest BCUT2D eigenvalue weighted by atomic mass is 10.1. The molecule has 6 heteroatoms. The van der Waals surface area contributed by atoms with Crippen LogP contribution in [0.25, 0.3) is 17.0 Å². The van der Waals surface area contributed by atoms with Crippen LogP contribution in [0.2, 0.25) is 0 Å². The van der Waals surface area contributed by atoms with Crippen molar-refractivity contribution in [2.24, 2.45) is 0 Å². The molecule has 0 unspecified atom stereocenters. The Morgan fingerprint density at radius 1 is 1.00 bits per heavy atom. The van der Waals surface area contributed by atoms with Crippen molar-refractivity contribution in [3.63, 3.8) is 0 Å². The molecule has 4 aromatic rings. The predicted molar refractivity (Wildman–Crippen MR) is 94.8 cm³/mol. The SMILES string of the molecule is Cc1ccc(-c2nnc3ccc(SCc4cccnc4)nn23)cc1. The highest BCUT2D eigenvalue weighted by Crippen LogP contribution is 2.23. The largest absolute Gasteiger partial charge is 0.264 e. The zero-order chi connectivity index (χ0) is 16.4. The molecule has 0 saturated heterocycles. The maximum atomic E-state index is 4.68. The lowest BCUT2D eigenvalue weighted by molar-refractivity contribution is 0.860. The third kappa shape index (κ3) is 3.00. The Bertz CT molecular complexity index is 964. The number of pyridine rings is 1. The third-order valence-corrected chi connectivity index (χ3v) is 4.65. The fraction of sp³-hybridized carbons (Fsp3) is 0.111. The minimum atomic E-state index is 0.747. The van der Waals surface area contributed by atoms with Crippen molar-refractivity contribution in [2.75, 3.05) is 0 Å². The van der Waals surface area contributed by atoms with E-state index in [4.69, 9.17) is 0 Å². The molecule has 0 atom stereocenters. The Labute approximate surface area is 143 Å². The van der Waals surface area contributed by atoms with Crippen LogP contribution < -0.4 is 0 Å². The summed E-state index contributed by atoms with van der Waals surface area (Å²) in [5.74, 6) is 1.59. The molecule has 0 spiro atoms. The standard InChI is InChI=1S/C18H15N5S/c1-13-4-6-15(7-5-13)18-21-20-16-8-9-17(22-23(16)18)24-12-14-3-2-10-19-11-14/h2-11H,12H2,1H3. The van der Waals surface area contributed by atoms with Crippen LogP contribution >= 0.6 is 11.8 Å². The Morgan fingerprint density at radius 3 is 2.67 bits per heavy atom. The number of hydrogen-bond acceptors (Lipinski definition) is 5. The molecule has 3 heterocycles. The molecule has 0 aliphatic rings. The first-order chi connectivity index (χ1) is 11.8. The van der Waals surface area contributed by atoms with Crippen molar-refractivity contribution in [1.82, 2.24) is 24.8 Å². The normalized spacial score (nSPS) is 11.0. The zero-order valence-corrected chi connectivity index (χ0v) is 13.9. The monoisotopic (exact) mass is 333 g/mol. The summed E-state index contributed by atoms with van der Waals surface area (Å²) in [6.07, 6.45) is 3.66. The van der Waals surface area contributed by atoms with Crippen LogP contribution in [0, 0.1) is 6.92 Å². The lowest BCUT2D eigenvalue weighted by Gasteiger charge is -2.03. The highest BCUT2D eigenvalue weighted by atomic mass is 32.2. The van der Waals surface area contributed by atoms with Crippen LogP contribution in [-0.4, -0.2) is 24.8 Å². The number of aryl methyl sites for hydroxylation is 1. The summed E-state index contributed by atoms with van der Waals surface area (Å²) in [4.78, 5) is 4.14. The van der Waals surface area contributed by atoms with Crippen LogP contribution in [0.5, 0.6) is 0 Å². The molecule has 3 aromatic heterocycles. The van der Waals surface area contributed by atoms with E-state index in [0.717, 1.165) is 27.8 Å². The van der Waals surface area contributed by atoms with Crippen LogP contribution in [0.15, 0.2) is 66.0 Å². The van der Waals surface area contributed by atoms with Gasteiger partial charge < -0.3 is 0 Å². The van der Waals surface area contributed by atoms with Gasteiger partial charge in [0.05, 0.1) is 0 Å². The van der Waals surface area contributed by atoms with Gasteiger partial charge in [-0.2, -0.15) is 9.61 Å². The second-order valence-corrected chi connectivity index (χ2v) is 6.48. The van der Waals surface area contributed by atoms with Crippen molar-refractivity contribution in [3.05, 3.63) is 72.1 Å². The maximum Gasteiger partial charge on any atom is 0.185 e. The van der Waals surface area contributed by atoms with Crippen LogP contribution in [0.1, 0.15) is 11.1 Å². The topological polar surface area (TPSA) is 56.0 Å². The molecular formula is C18H15N5S. The van der Waals surface area contributed by atoms with Crippen molar-refractivity contribution < 1.29 is 0 Å². The fourth-order valence-electron chi connectivity index (χ4n) is 2.37. The van der Waals surface area contributed by atoms with Gasteiger partial charge in [0.2, 0.25) is 0 Å². The second-order valence-electron chi connectivity index (χ2n) is 5.48. The van der Waals surface area contributed by atoms with Gasteiger partial charge in [-0.1, -0.05) is 47.7 Å². The Hall–Kier alpha value is -2.73. The first-order valence-electron chi connectivity index (χ1n) is 7.61. The number of thioether (sulfide) groups is 1. The van der Waals surface area contributed by atoms with Crippen LogP contribution in [0.4, 0.5) is 0 Å². The van der Waals surface area contributed by atoms with E-state index in [2.05, 4.69) is 45.4 Å². The molecule has 24 heavy (non-hydrogen) atoms. The first kappa shape index (κ1) is 14.8. The van der Waals surface area contributed by atoms with E-state index in [1.807, 2.05) is 36.5 Å². The van der Waals surface area contributed by atoms with Gasteiger partial charge in [0.15, 0.2) is 11.5 Å². The fourth-order valence-corrected chi connectivity index (χ4v) is 3.16. The van der Waals surface area contributed by atoms with Gasteiger partial charge >= 0.3 is 0 Å². The summed E-state index contributed by atoms with van der Waals surface area (Å²) in [7, 11) is 0. The molecule has 0 fully saturated rings. The first-order valence-corrected chi connectivity index (χ1v) is 8.59. The maximum absolute atomic E-state index is 4.68. The lowest BCUT2D eigenvalue weighted by Crippen LogP contribution is -1.96. The van der Waals surface area contributed by atoms with Gasteiger partial charge in [0.1, 0.15) is 5.03 Å². The number of hydrogen-bond donors (Lipinski definition) is 0. The van der Waals surface area contributed by atoms with E-state index in [9.17, 15) is 0 Å². The number of rotatable bonds is 4. The summed E-state index contributed by atoms with van der Waals surface area (Å²) >= 11 is 1.67. The van der Waals surface area contributed by atoms with Gasteiger partial charge in [0.25, 0.3) is 0 Å². The highest BCUT2D eigenvalue weighted by Gasteiger charge is 2.10. The van der Waals surface area contributed by atoms with Gasteiger partial charge in [-0.25, -0.2) is 0 Å². The second kappa shape index (κ2) is 6.41. The Balaban J connectivity index is 1.64. The molecule has 1 aromatic carbocycles. The summed E-state index contributed by atoms with van der Waals surface area (Å²) in [5, 5.41) is 14.1. The molecule has 0 saturated carbocycles. The van der Waals surface area contributed by atoms with Gasteiger partial charge in [0, 0.05) is 23.7 Å². The third-order valence-electron chi connectivity index (χ3n) is 3.66. The quantitative estimate of drug-likeness (QED) is 0.532. The number of aromatic nitrogens is 5. The average Bonchev–Trinajstić information content (AvgIpc) is 3.05. The Morgan fingerprint density at radius 2 is 1.88 bits per heavy atom. The molecule has 4 rings (SSSR count). The van der Waals surface area contributed by atoms with E-state index in [-0.39, 0.29) is 0 Å². The minimum Gasteiger partial charge on any atom is -0.264 e. The summed E-state index contributed by atoms with van der Waals surface area (Å²) in [5.41, 5.74) is 4.14. The number of fused-ring (bicyclic) bond motifs is 1. The van der Waals surface area contributed by atoms with E-state index < -0.39 is 0 Å². The molecule has 0 radical (unpaired) electrons. The molecule has 0 bridgehead atoms. The van der Waals surface area contributed by atoms with Crippen molar-refractivity contribution >= 4 is 17.4 Å². The molecule has 0 aliphatic heterocycles. The summed E-state index contributed by atoms with van der Waals surface area (Å²) in [6.45, 7) is 2.07. The van der Waals surface area contributed by atoms with E-state index in [0.29, 0.717) is 0 Å². The number of nitrogens with zero attached hydrogens (tertiary/aromatic N) is 5. The molecule has 0 amide bonds. The van der Waals surface area contributed by atoms with Crippen molar-refractivity contribution in [1.29, 1.82) is 0 Å². The average molecular weight is 333 g/mol. The van der Waals surface area contributed by atoms with Gasteiger partial charge in [-0.15, -0.1) is 10.2 Å². The van der Waals surface area contributed by atoms with Gasteiger partial charge in [-0.05, 0) is 30.7 Å². The van der Waals surface area contributed by atoms with E-state index >= 15 is 0 Å². The van der Waals surface area contributed by atoms with Crippen LogP contribution in [-0.2, 0) is 5.75 Å². The Kier molecular flexibility index (Phi) is 3.96. The highest BCUT2D eigenvalue weighted by molar-refractivity contribution is 7.98. The molecule has 0 N–H and O–H groups in total. The van der Waals surface area contributed by atoms with Gasteiger partial charge in [-0.3, -0.25) is 4.98 Å². The van der Waals surface area contributed by atoms with Crippen molar-refractivity contribution in [2.45, 2.75) is 17.7 Å². The summed E-state index contributed by atoms with van der Waals surface area (Å²) < 4.78 is 1.80.